The number of hydrogen-bond acceptors (Lipinski definition) is 3. The lowest BCUT2D eigenvalue weighted by Gasteiger charge is -2.08. The van der Waals surface area contributed by atoms with E-state index >= 15 is 0 Å². The standard InChI is InChI=1S/C17H17F2N3/c1-21-10-12-6-13(8-16(19)7-12)14(9-20)11-22-17-4-2-15(18)3-5-17/h2-9,11,20-22H,10H2,1H3/b14-11+,20-9?. The van der Waals surface area contributed by atoms with Crippen molar-refractivity contribution in [2.75, 3.05) is 12.4 Å². The van der Waals surface area contributed by atoms with Crippen molar-refractivity contribution in [2.24, 2.45) is 0 Å². The minimum absolute atomic E-state index is 0.316. The van der Waals surface area contributed by atoms with Crippen LogP contribution < -0.4 is 10.6 Å². The van der Waals surface area contributed by atoms with E-state index in [1.807, 2.05) is 6.07 Å². The van der Waals surface area contributed by atoms with Crippen LogP contribution in [0.3, 0.4) is 0 Å². The fourth-order valence-electron chi connectivity index (χ4n) is 2.04. The van der Waals surface area contributed by atoms with Crippen LogP contribution in [0.2, 0.25) is 0 Å². The van der Waals surface area contributed by atoms with Gasteiger partial charge in [0.25, 0.3) is 0 Å². The molecule has 0 radical (unpaired) electrons. The largest absolute Gasteiger partial charge is 0.361 e. The third-order valence-corrected chi connectivity index (χ3v) is 3.07. The number of anilines is 1. The Morgan fingerprint density at radius 1 is 1.09 bits per heavy atom. The highest BCUT2D eigenvalue weighted by Crippen LogP contribution is 2.18. The predicted octanol–water partition coefficient (Wildman–Crippen LogP) is 3.79. The lowest BCUT2D eigenvalue weighted by Crippen LogP contribution is -2.06. The van der Waals surface area contributed by atoms with Crippen molar-refractivity contribution in [3.05, 3.63) is 71.4 Å². The average molecular weight is 301 g/mol. The first-order valence-electron chi connectivity index (χ1n) is 6.79. The van der Waals surface area contributed by atoms with Gasteiger partial charge >= 0.3 is 0 Å². The molecule has 0 atom stereocenters. The van der Waals surface area contributed by atoms with Gasteiger partial charge in [0.05, 0.1) is 0 Å². The molecule has 0 fully saturated rings. The van der Waals surface area contributed by atoms with E-state index in [9.17, 15) is 8.78 Å². The van der Waals surface area contributed by atoms with E-state index in [-0.39, 0.29) is 11.6 Å². The quantitative estimate of drug-likeness (QED) is 0.711. The monoisotopic (exact) mass is 301 g/mol. The first-order valence-corrected chi connectivity index (χ1v) is 6.79. The fourth-order valence-corrected chi connectivity index (χ4v) is 2.04. The van der Waals surface area contributed by atoms with E-state index in [0.29, 0.717) is 23.4 Å². The van der Waals surface area contributed by atoms with Crippen LogP contribution in [0.1, 0.15) is 11.1 Å². The first kappa shape index (κ1) is 15.9. The summed E-state index contributed by atoms with van der Waals surface area (Å²) in [5, 5.41) is 13.4. The zero-order valence-electron chi connectivity index (χ0n) is 12.2. The van der Waals surface area contributed by atoms with Gasteiger partial charge in [0.2, 0.25) is 0 Å². The molecule has 0 aliphatic heterocycles. The molecule has 0 amide bonds. The summed E-state index contributed by atoms with van der Waals surface area (Å²) < 4.78 is 26.5. The van der Waals surface area contributed by atoms with Crippen LogP contribution in [-0.2, 0) is 6.54 Å². The Morgan fingerprint density at radius 3 is 2.45 bits per heavy atom. The number of benzene rings is 2. The van der Waals surface area contributed by atoms with Crippen molar-refractivity contribution in [1.29, 1.82) is 5.41 Å². The molecule has 114 valence electrons. The predicted molar refractivity (Wildman–Crippen MR) is 85.9 cm³/mol. The van der Waals surface area contributed by atoms with E-state index < -0.39 is 0 Å². The number of halogens is 2. The van der Waals surface area contributed by atoms with Gasteiger partial charge in [-0.15, -0.1) is 0 Å². The molecule has 0 bridgehead atoms. The lowest BCUT2D eigenvalue weighted by atomic mass is 10.0. The fraction of sp³-hybridized carbons (Fsp3) is 0.118. The van der Waals surface area contributed by atoms with Crippen molar-refractivity contribution < 1.29 is 8.78 Å². The second kappa shape index (κ2) is 7.47. The van der Waals surface area contributed by atoms with Crippen LogP contribution in [-0.4, -0.2) is 13.3 Å². The Hall–Kier alpha value is -2.53. The topological polar surface area (TPSA) is 47.9 Å². The second-order valence-corrected chi connectivity index (χ2v) is 4.77. The van der Waals surface area contributed by atoms with Gasteiger partial charge < -0.3 is 16.0 Å². The molecule has 3 N–H and O–H groups in total. The molecule has 0 aromatic heterocycles. The van der Waals surface area contributed by atoms with Crippen molar-refractivity contribution in [1.82, 2.24) is 5.32 Å². The van der Waals surface area contributed by atoms with Gasteiger partial charge in [0, 0.05) is 30.2 Å². The van der Waals surface area contributed by atoms with E-state index in [1.165, 1.54) is 24.3 Å². The highest BCUT2D eigenvalue weighted by Gasteiger charge is 2.04. The molecule has 0 saturated carbocycles. The third-order valence-electron chi connectivity index (χ3n) is 3.07. The molecular weight excluding hydrogens is 284 g/mol. The van der Waals surface area contributed by atoms with Crippen LogP contribution >= 0.6 is 0 Å². The first-order chi connectivity index (χ1) is 10.6. The molecule has 5 heteroatoms. The Labute approximate surface area is 128 Å². The number of rotatable bonds is 6. The molecular formula is C17H17F2N3. The Balaban J connectivity index is 2.25. The van der Waals surface area contributed by atoms with Crippen LogP contribution in [0.5, 0.6) is 0 Å². The maximum Gasteiger partial charge on any atom is 0.124 e. The summed E-state index contributed by atoms with van der Waals surface area (Å²) in [4.78, 5) is 0. The van der Waals surface area contributed by atoms with E-state index in [2.05, 4.69) is 10.6 Å². The molecule has 0 spiro atoms. The van der Waals surface area contributed by atoms with Gasteiger partial charge in [-0.05, 0) is 60.6 Å². The Kier molecular flexibility index (Phi) is 5.38. The van der Waals surface area contributed by atoms with Gasteiger partial charge in [-0.3, -0.25) is 0 Å². The molecule has 2 rings (SSSR count). The molecule has 0 aliphatic carbocycles. The van der Waals surface area contributed by atoms with Crippen molar-refractivity contribution in [2.45, 2.75) is 6.54 Å². The summed E-state index contributed by atoms with van der Waals surface area (Å²) in [5.74, 6) is -0.666. The summed E-state index contributed by atoms with van der Waals surface area (Å²) in [5.41, 5.74) is 2.62. The number of nitrogens with one attached hydrogen (secondary N) is 3. The maximum atomic E-state index is 13.7. The van der Waals surface area contributed by atoms with Crippen LogP contribution in [0.15, 0.2) is 48.7 Å². The molecule has 22 heavy (non-hydrogen) atoms. The SMILES string of the molecule is CNCc1cc(F)cc(/C(C=N)=C/Nc2ccc(F)cc2)c1. The van der Waals surface area contributed by atoms with E-state index in [1.54, 1.807) is 25.4 Å². The number of hydrogen-bond donors (Lipinski definition) is 3. The summed E-state index contributed by atoms with van der Waals surface area (Å²) in [6.07, 6.45) is 2.74. The highest BCUT2D eigenvalue weighted by atomic mass is 19.1. The number of allylic oxidation sites excluding steroid dienone is 1. The minimum Gasteiger partial charge on any atom is -0.361 e. The van der Waals surface area contributed by atoms with Crippen LogP contribution in [0.4, 0.5) is 14.5 Å². The van der Waals surface area contributed by atoms with Gasteiger partial charge in [-0.25, -0.2) is 8.78 Å². The summed E-state index contributed by atoms with van der Waals surface area (Å²) in [7, 11) is 1.79. The maximum absolute atomic E-state index is 13.7. The second-order valence-electron chi connectivity index (χ2n) is 4.77. The molecule has 0 saturated heterocycles. The summed E-state index contributed by atoms with van der Waals surface area (Å²) in [6, 6.07) is 10.5. The smallest absolute Gasteiger partial charge is 0.124 e. The zero-order chi connectivity index (χ0) is 15.9. The third kappa shape index (κ3) is 4.23. The van der Waals surface area contributed by atoms with Crippen molar-refractivity contribution in [3.63, 3.8) is 0 Å². The van der Waals surface area contributed by atoms with Gasteiger partial charge in [-0.2, -0.15) is 0 Å². The van der Waals surface area contributed by atoms with Crippen molar-refractivity contribution >= 4 is 17.5 Å². The van der Waals surface area contributed by atoms with E-state index in [4.69, 9.17) is 5.41 Å². The van der Waals surface area contributed by atoms with Crippen LogP contribution in [0, 0.1) is 17.0 Å². The van der Waals surface area contributed by atoms with Crippen LogP contribution in [0.25, 0.3) is 5.57 Å². The normalized spacial score (nSPS) is 11.3. The lowest BCUT2D eigenvalue weighted by molar-refractivity contribution is 0.623. The molecule has 2 aromatic rings. The van der Waals surface area contributed by atoms with Gasteiger partial charge in [0.1, 0.15) is 11.6 Å². The summed E-state index contributed by atoms with van der Waals surface area (Å²) >= 11 is 0. The van der Waals surface area contributed by atoms with E-state index in [0.717, 1.165) is 11.8 Å². The molecule has 2 aromatic carbocycles. The Bertz CT molecular complexity index is 679. The molecule has 0 heterocycles. The van der Waals surface area contributed by atoms with Crippen molar-refractivity contribution in [3.8, 4) is 0 Å². The van der Waals surface area contributed by atoms with Gasteiger partial charge in [0.15, 0.2) is 0 Å². The highest BCUT2D eigenvalue weighted by molar-refractivity contribution is 6.08. The summed E-state index contributed by atoms with van der Waals surface area (Å²) in [6.45, 7) is 0.543. The average Bonchev–Trinajstić information content (AvgIpc) is 2.49. The minimum atomic E-state index is -0.350. The molecule has 3 nitrogen and oxygen atoms in total. The molecule has 0 unspecified atom stereocenters. The van der Waals surface area contributed by atoms with Gasteiger partial charge in [-0.1, -0.05) is 0 Å². The molecule has 0 aliphatic rings. The Morgan fingerprint density at radius 2 is 1.82 bits per heavy atom. The zero-order valence-corrected chi connectivity index (χ0v) is 12.2.